The summed E-state index contributed by atoms with van der Waals surface area (Å²) in [6, 6.07) is 0. The minimum Gasteiger partial charge on any atom is -0.457 e. The van der Waals surface area contributed by atoms with Gasteiger partial charge in [0.2, 0.25) is 0 Å². The van der Waals surface area contributed by atoms with Gasteiger partial charge in [0.25, 0.3) is 0 Å². The second-order valence-electron chi connectivity index (χ2n) is 20.8. The number of ether oxygens (including phenoxy) is 6. The Hall–Kier alpha value is -2.05. The number of aliphatic hydroxyl groups is 7. The van der Waals surface area contributed by atoms with Crippen molar-refractivity contribution in [2.75, 3.05) is 33.0 Å². The lowest BCUT2D eigenvalue weighted by Gasteiger charge is -2.42. The van der Waals surface area contributed by atoms with Crippen LogP contribution in [-0.2, 0) is 33.2 Å². The zero-order chi connectivity index (χ0) is 53.7. The van der Waals surface area contributed by atoms with E-state index in [1.54, 1.807) is 0 Å². The molecule has 0 amide bonds. The second-order valence-corrected chi connectivity index (χ2v) is 20.8. The summed E-state index contributed by atoms with van der Waals surface area (Å²) < 4.78 is 34.4. The lowest BCUT2D eigenvalue weighted by Crippen LogP contribution is -2.61. The Balaban J connectivity index is 1.71. The van der Waals surface area contributed by atoms with E-state index in [9.17, 15) is 40.5 Å². The van der Waals surface area contributed by atoms with Crippen molar-refractivity contribution in [1.29, 1.82) is 0 Å². The number of aliphatic hydroxyl groups excluding tert-OH is 7. The molecule has 0 aromatic heterocycles. The van der Waals surface area contributed by atoms with E-state index in [1.807, 2.05) is 0 Å². The molecule has 74 heavy (non-hydrogen) atoms. The van der Waals surface area contributed by atoms with Crippen molar-refractivity contribution in [2.24, 2.45) is 0 Å². The average Bonchev–Trinajstić information content (AvgIpc) is 3.40. The molecule has 2 fully saturated rings. The van der Waals surface area contributed by atoms with Gasteiger partial charge in [-0.05, 0) is 77.0 Å². The Morgan fingerprint density at radius 1 is 0.446 bits per heavy atom. The summed E-state index contributed by atoms with van der Waals surface area (Å²) in [6.45, 7) is 3.67. The number of unbranched alkanes of at least 4 members (excludes halogenated alkanes) is 26. The summed E-state index contributed by atoms with van der Waals surface area (Å²) >= 11 is 0. The van der Waals surface area contributed by atoms with Crippen LogP contribution in [0.15, 0.2) is 48.6 Å². The van der Waals surface area contributed by atoms with Crippen molar-refractivity contribution in [3.63, 3.8) is 0 Å². The summed E-state index contributed by atoms with van der Waals surface area (Å²) in [7, 11) is 0. The molecule has 11 unspecified atom stereocenters. The standard InChI is InChI=1S/C60H108O14/c1-3-5-7-9-11-13-15-17-19-21-23-24-25-26-28-30-32-34-36-38-40-42-44-69-46-49(72-52(62)43-41-39-37-35-33-31-29-27-22-20-18-16-14-12-10-8-6-4-2)47-70-59-58(68)56(66)54(64)51(74-59)48-71-60-57(67)55(65)53(63)50(45-61)73-60/h14-17,20-23,49-51,53-61,63-68H,3-13,18-19,24-48H2,1-2H3/b16-14-,17-15-,22-20-,23-21-. The third kappa shape index (κ3) is 33.3. The number of carbonyl (C=O) groups is 1. The van der Waals surface area contributed by atoms with Crippen molar-refractivity contribution in [3.05, 3.63) is 48.6 Å². The lowest BCUT2D eigenvalue weighted by atomic mass is 9.98. The van der Waals surface area contributed by atoms with Crippen LogP contribution in [0.1, 0.15) is 226 Å². The topological polar surface area (TPSA) is 214 Å². The molecule has 2 rings (SSSR count). The smallest absolute Gasteiger partial charge is 0.306 e. The van der Waals surface area contributed by atoms with Gasteiger partial charge in [0, 0.05) is 13.0 Å². The number of carbonyl (C=O) groups excluding carboxylic acids is 1. The van der Waals surface area contributed by atoms with Crippen molar-refractivity contribution >= 4 is 5.97 Å². The van der Waals surface area contributed by atoms with Crippen LogP contribution in [0.3, 0.4) is 0 Å². The first-order valence-electron chi connectivity index (χ1n) is 29.7. The van der Waals surface area contributed by atoms with Crippen molar-refractivity contribution in [2.45, 2.75) is 293 Å². The monoisotopic (exact) mass is 1050 g/mol. The summed E-state index contributed by atoms with van der Waals surface area (Å²) in [5.41, 5.74) is 0. The Kier molecular flexibility index (Phi) is 43.2. The molecule has 0 bridgehead atoms. The highest BCUT2D eigenvalue weighted by molar-refractivity contribution is 5.69. The highest BCUT2D eigenvalue weighted by atomic mass is 16.7. The van der Waals surface area contributed by atoms with Crippen LogP contribution in [-0.4, -0.2) is 142 Å². The van der Waals surface area contributed by atoms with Crippen molar-refractivity contribution in [3.8, 4) is 0 Å². The van der Waals surface area contributed by atoms with E-state index in [1.165, 1.54) is 141 Å². The maximum atomic E-state index is 13.1. The number of allylic oxidation sites excluding steroid dienone is 8. The van der Waals surface area contributed by atoms with Gasteiger partial charge in [-0.3, -0.25) is 4.79 Å². The lowest BCUT2D eigenvalue weighted by molar-refractivity contribution is -0.332. The van der Waals surface area contributed by atoms with Crippen LogP contribution in [0, 0.1) is 0 Å². The number of esters is 1. The first kappa shape index (κ1) is 68.1. The highest BCUT2D eigenvalue weighted by Gasteiger charge is 2.47. The molecule has 0 radical (unpaired) electrons. The van der Waals surface area contributed by atoms with Gasteiger partial charge in [0.1, 0.15) is 54.9 Å². The molecule has 14 nitrogen and oxygen atoms in total. The Labute approximate surface area is 448 Å². The van der Waals surface area contributed by atoms with Crippen LogP contribution < -0.4 is 0 Å². The van der Waals surface area contributed by atoms with E-state index in [0.29, 0.717) is 13.0 Å². The Bertz CT molecular complexity index is 1410. The average molecular weight is 1050 g/mol. The molecule has 0 spiro atoms. The molecule has 2 heterocycles. The highest BCUT2D eigenvalue weighted by Crippen LogP contribution is 2.27. The Morgan fingerprint density at radius 3 is 1.31 bits per heavy atom. The van der Waals surface area contributed by atoms with Gasteiger partial charge in [-0.1, -0.05) is 191 Å². The third-order valence-electron chi connectivity index (χ3n) is 14.1. The van der Waals surface area contributed by atoms with Crippen molar-refractivity contribution in [1.82, 2.24) is 0 Å². The van der Waals surface area contributed by atoms with Crippen molar-refractivity contribution < 1.29 is 69.0 Å². The quantitative estimate of drug-likeness (QED) is 0.0172. The van der Waals surface area contributed by atoms with Crippen LogP contribution in [0.25, 0.3) is 0 Å². The fourth-order valence-corrected chi connectivity index (χ4v) is 9.23. The second kappa shape index (κ2) is 47.0. The van der Waals surface area contributed by atoms with Gasteiger partial charge in [-0.15, -0.1) is 0 Å². The molecule has 2 saturated heterocycles. The van der Waals surface area contributed by atoms with E-state index in [2.05, 4.69) is 62.5 Å². The minimum atomic E-state index is -1.71. The summed E-state index contributed by atoms with van der Waals surface area (Å²) in [5.74, 6) is -0.384. The fourth-order valence-electron chi connectivity index (χ4n) is 9.23. The van der Waals surface area contributed by atoms with Gasteiger partial charge in [-0.25, -0.2) is 0 Å². The maximum absolute atomic E-state index is 13.1. The minimum absolute atomic E-state index is 0.0560. The molecule has 432 valence electrons. The molecule has 0 aliphatic carbocycles. The van der Waals surface area contributed by atoms with Gasteiger partial charge in [-0.2, -0.15) is 0 Å². The SMILES string of the molecule is CCCCCC/C=C\C/C=C\CCCCCCCCCC(=O)OC(COCCCCCCCCCCCC/C=C\C/C=C\CCCCCCC)COC1OC(COC2OC(CO)C(O)C(O)C2O)C(O)C(O)C1O. The predicted molar refractivity (Wildman–Crippen MR) is 293 cm³/mol. The van der Waals surface area contributed by atoms with Crippen LogP contribution in [0.4, 0.5) is 0 Å². The molecule has 11 atom stereocenters. The molecule has 0 saturated carbocycles. The van der Waals surface area contributed by atoms with E-state index >= 15 is 0 Å². The normalized spacial score (nSPS) is 25.1. The van der Waals surface area contributed by atoms with Gasteiger partial charge in [0.05, 0.1) is 26.4 Å². The van der Waals surface area contributed by atoms with E-state index in [4.69, 9.17) is 28.4 Å². The van der Waals surface area contributed by atoms with E-state index in [0.717, 1.165) is 57.8 Å². The maximum Gasteiger partial charge on any atom is 0.306 e. The number of rotatable bonds is 48. The predicted octanol–water partition coefficient (Wildman–Crippen LogP) is 10.7. The molecule has 0 aromatic carbocycles. The largest absolute Gasteiger partial charge is 0.457 e. The zero-order valence-electron chi connectivity index (χ0n) is 46.3. The van der Waals surface area contributed by atoms with E-state index < -0.39 is 80.7 Å². The van der Waals surface area contributed by atoms with E-state index in [-0.39, 0.29) is 25.6 Å². The first-order valence-corrected chi connectivity index (χ1v) is 29.7. The molecule has 2 aliphatic rings. The van der Waals surface area contributed by atoms with Crippen LogP contribution in [0.5, 0.6) is 0 Å². The van der Waals surface area contributed by atoms with Gasteiger partial charge in [0.15, 0.2) is 12.6 Å². The van der Waals surface area contributed by atoms with Crippen LogP contribution in [0.2, 0.25) is 0 Å². The fraction of sp³-hybridized carbons (Fsp3) is 0.850. The third-order valence-corrected chi connectivity index (χ3v) is 14.1. The van der Waals surface area contributed by atoms with Crippen LogP contribution >= 0.6 is 0 Å². The van der Waals surface area contributed by atoms with Gasteiger partial charge < -0.3 is 64.2 Å². The molecular weight excluding hydrogens is 945 g/mol. The molecular formula is C60H108O14. The number of hydrogen-bond donors (Lipinski definition) is 7. The Morgan fingerprint density at radius 2 is 0.838 bits per heavy atom. The molecule has 2 aliphatic heterocycles. The summed E-state index contributed by atoms with van der Waals surface area (Å²) in [6.07, 6.45) is 40.2. The molecule has 7 N–H and O–H groups in total. The summed E-state index contributed by atoms with van der Waals surface area (Å²) in [4.78, 5) is 13.1. The molecule has 0 aromatic rings. The molecule has 14 heteroatoms. The zero-order valence-corrected chi connectivity index (χ0v) is 46.3. The summed E-state index contributed by atoms with van der Waals surface area (Å²) in [5, 5.41) is 72.4. The number of hydrogen-bond acceptors (Lipinski definition) is 14. The van der Waals surface area contributed by atoms with Gasteiger partial charge >= 0.3 is 5.97 Å². The first-order chi connectivity index (χ1) is 36.1.